The third-order valence-corrected chi connectivity index (χ3v) is 4.49. The summed E-state index contributed by atoms with van der Waals surface area (Å²) in [5.41, 5.74) is 0.957. The van der Waals surface area contributed by atoms with Gasteiger partial charge in [0.25, 0.3) is 0 Å². The van der Waals surface area contributed by atoms with Crippen LogP contribution in [-0.2, 0) is 0 Å². The summed E-state index contributed by atoms with van der Waals surface area (Å²) in [5.74, 6) is -0.404. The Balaban J connectivity index is 2.50. The number of halogens is 4. The Hall–Kier alpha value is 0.200. The van der Waals surface area contributed by atoms with Gasteiger partial charge in [-0.1, -0.05) is 11.6 Å². The van der Waals surface area contributed by atoms with Crippen molar-refractivity contribution in [3.63, 3.8) is 0 Å². The van der Waals surface area contributed by atoms with Crippen LogP contribution in [0, 0.1) is 5.82 Å². The van der Waals surface area contributed by atoms with E-state index in [1.807, 2.05) is 0 Å². The Labute approximate surface area is 110 Å². The smallest absolute Gasteiger partial charge is 0.144 e. The van der Waals surface area contributed by atoms with Crippen molar-refractivity contribution in [3.8, 4) is 0 Å². The topological polar surface area (TPSA) is 3.24 Å². The predicted octanol–water partition coefficient (Wildman–Crippen LogP) is 4.60. The zero-order chi connectivity index (χ0) is 11.0. The molecule has 0 aliphatic carbocycles. The van der Waals surface area contributed by atoms with Crippen LogP contribution < -0.4 is 4.90 Å². The second kappa shape index (κ2) is 4.60. The van der Waals surface area contributed by atoms with E-state index < -0.39 is 5.82 Å². The van der Waals surface area contributed by atoms with E-state index in [-0.39, 0.29) is 5.02 Å². The van der Waals surface area contributed by atoms with Crippen LogP contribution in [0.15, 0.2) is 15.0 Å². The van der Waals surface area contributed by atoms with Gasteiger partial charge in [0.05, 0.1) is 15.2 Å². The number of rotatable bonds is 1. The van der Waals surface area contributed by atoms with Crippen LogP contribution in [0.5, 0.6) is 0 Å². The highest BCUT2D eigenvalue weighted by Gasteiger charge is 2.21. The van der Waals surface area contributed by atoms with Gasteiger partial charge in [-0.2, -0.15) is 0 Å². The molecule has 1 fully saturated rings. The molecule has 0 unspecified atom stereocenters. The maximum absolute atomic E-state index is 13.3. The van der Waals surface area contributed by atoms with Gasteiger partial charge in [0.15, 0.2) is 0 Å². The molecule has 15 heavy (non-hydrogen) atoms. The minimum atomic E-state index is -0.404. The summed E-state index contributed by atoms with van der Waals surface area (Å²) in [6, 6.07) is 1.42. The molecule has 82 valence electrons. The monoisotopic (exact) mass is 355 g/mol. The third kappa shape index (κ3) is 2.17. The van der Waals surface area contributed by atoms with Crippen molar-refractivity contribution >= 4 is 49.1 Å². The summed E-state index contributed by atoms with van der Waals surface area (Å²) in [6.45, 7) is 2.00. The molecule has 0 spiro atoms. The summed E-state index contributed by atoms with van der Waals surface area (Å²) >= 11 is 12.6. The number of benzene rings is 1. The molecule has 2 rings (SSSR count). The van der Waals surface area contributed by atoms with Crippen LogP contribution in [-0.4, -0.2) is 13.1 Å². The predicted molar refractivity (Wildman–Crippen MR) is 68.3 cm³/mol. The number of anilines is 1. The molecule has 1 saturated heterocycles. The average molecular weight is 357 g/mol. The lowest BCUT2D eigenvalue weighted by Crippen LogP contribution is -2.18. The molecule has 0 bridgehead atoms. The van der Waals surface area contributed by atoms with Crippen molar-refractivity contribution in [2.75, 3.05) is 18.0 Å². The molecule has 0 saturated carbocycles. The summed E-state index contributed by atoms with van der Waals surface area (Å²) in [7, 11) is 0. The van der Waals surface area contributed by atoms with Crippen molar-refractivity contribution in [2.24, 2.45) is 0 Å². The molecule has 1 aliphatic heterocycles. The summed E-state index contributed by atoms with van der Waals surface area (Å²) in [6.07, 6.45) is 2.35. The van der Waals surface area contributed by atoms with Crippen LogP contribution in [0.4, 0.5) is 10.1 Å². The van der Waals surface area contributed by atoms with E-state index >= 15 is 0 Å². The van der Waals surface area contributed by atoms with Crippen LogP contribution in [0.2, 0.25) is 5.02 Å². The highest BCUT2D eigenvalue weighted by atomic mass is 79.9. The molecular formula is C10H9Br2ClFN. The largest absolute Gasteiger partial charge is 0.370 e. The number of hydrogen-bond donors (Lipinski definition) is 0. The van der Waals surface area contributed by atoms with Gasteiger partial charge in [0.2, 0.25) is 0 Å². The maximum atomic E-state index is 13.3. The first-order chi connectivity index (χ1) is 7.11. The zero-order valence-corrected chi connectivity index (χ0v) is 11.8. The molecule has 0 aromatic heterocycles. The average Bonchev–Trinajstić information content (AvgIpc) is 2.68. The standard InChI is InChI=1S/C10H9Br2ClFN/c11-6-5-7(14)9(13)8(12)10(6)15-3-1-2-4-15/h5H,1-4H2. The van der Waals surface area contributed by atoms with E-state index in [1.54, 1.807) is 0 Å². The van der Waals surface area contributed by atoms with Gasteiger partial charge in [-0.05, 0) is 50.8 Å². The Bertz CT molecular complexity index is 391. The summed E-state index contributed by atoms with van der Waals surface area (Å²) in [4.78, 5) is 2.21. The van der Waals surface area contributed by atoms with Crippen molar-refractivity contribution in [2.45, 2.75) is 12.8 Å². The van der Waals surface area contributed by atoms with Crippen molar-refractivity contribution < 1.29 is 4.39 Å². The quantitative estimate of drug-likeness (QED) is 0.524. The second-order valence-electron chi connectivity index (χ2n) is 3.51. The summed E-state index contributed by atoms with van der Waals surface area (Å²) in [5, 5.41) is 0.153. The maximum Gasteiger partial charge on any atom is 0.144 e. The Kier molecular flexibility index (Phi) is 3.58. The fraction of sp³-hybridized carbons (Fsp3) is 0.400. The molecule has 5 heteroatoms. The van der Waals surface area contributed by atoms with E-state index in [9.17, 15) is 4.39 Å². The Morgan fingerprint density at radius 1 is 1.27 bits per heavy atom. The molecule has 0 radical (unpaired) electrons. The fourth-order valence-corrected chi connectivity index (χ4v) is 3.50. The molecule has 1 aliphatic rings. The first kappa shape index (κ1) is 11.7. The second-order valence-corrected chi connectivity index (χ2v) is 5.54. The zero-order valence-electron chi connectivity index (χ0n) is 7.86. The summed E-state index contributed by atoms with van der Waals surface area (Å²) < 4.78 is 14.7. The van der Waals surface area contributed by atoms with Gasteiger partial charge < -0.3 is 4.90 Å². The molecule has 1 nitrogen and oxygen atoms in total. The molecule has 1 heterocycles. The van der Waals surface area contributed by atoms with E-state index in [2.05, 4.69) is 36.8 Å². The first-order valence-electron chi connectivity index (χ1n) is 4.69. The third-order valence-electron chi connectivity index (χ3n) is 2.51. The minimum absolute atomic E-state index is 0.153. The van der Waals surface area contributed by atoms with Crippen molar-refractivity contribution in [1.29, 1.82) is 0 Å². The highest BCUT2D eigenvalue weighted by Crippen LogP contribution is 2.41. The van der Waals surface area contributed by atoms with E-state index in [0.717, 1.165) is 23.2 Å². The Morgan fingerprint density at radius 2 is 1.87 bits per heavy atom. The van der Waals surface area contributed by atoms with E-state index in [4.69, 9.17) is 11.6 Å². The van der Waals surface area contributed by atoms with Crippen LogP contribution in [0.1, 0.15) is 12.8 Å². The first-order valence-corrected chi connectivity index (χ1v) is 6.65. The highest BCUT2D eigenvalue weighted by molar-refractivity contribution is 9.11. The van der Waals surface area contributed by atoms with Crippen LogP contribution in [0.25, 0.3) is 0 Å². The molecule has 1 aromatic rings. The van der Waals surface area contributed by atoms with Gasteiger partial charge in [-0.25, -0.2) is 4.39 Å². The van der Waals surface area contributed by atoms with Gasteiger partial charge in [0.1, 0.15) is 5.82 Å². The SMILES string of the molecule is Fc1cc(Br)c(N2CCCC2)c(Br)c1Cl. The molecule has 0 N–H and O–H groups in total. The number of nitrogens with zero attached hydrogens (tertiary/aromatic N) is 1. The van der Waals surface area contributed by atoms with E-state index in [0.29, 0.717) is 4.47 Å². The van der Waals surface area contributed by atoms with Crippen LogP contribution >= 0.6 is 43.5 Å². The lowest BCUT2D eigenvalue weighted by molar-refractivity contribution is 0.626. The molecule has 0 atom stereocenters. The van der Waals surface area contributed by atoms with Gasteiger partial charge in [-0.15, -0.1) is 0 Å². The molecule has 1 aromatic carbocycles. The van der Waals surface area contributed by atoms with Crippen molar-refractivity contribution in [1.82, 2.24) is 0 Å². The molecular weight excluding hydrogens is 348 g/mol. The minimum Gasteiger partial charge on any atom is -0.370 e. The normalized spacial score (nSPS) is 16.1. The number of hydrogen-bond acceptors (Lipinski definition) is 1. The van der Waals surface area contributed by atoms with Gasteiger partial charge >= 0.3 is 0 Å². The lowest BCUT2D eigenvalue weighted by atomic mass is 10.3. The molecule has 0 amide bonds. The van der Waals surface area contributed by atoms with Crippen LogP contribution in [0.3, 0.4) is 0 Å². The fourth-order valence-electron chi connectivity index (χ4n) is 1.79. The van der Waals surface area contributed by atoms with Gasteiger partial charge in [-0.3, -0.25) is 0 Å². The van der Waals surface area contributed by atoms with E-state index in [1.165, 1.54) is 18.9 Å². The van der Waals surface area contributed by atoms with Crippen molar-refractivity contribution in [3.05, 3.63) is 25.9 Å². The Morgan fingerprint density at radius 3 is 2.47 bits per heavy atom. The van der Waals surface area contributed by atoms with Gasteiger partial charge in [0, 0.05) is 17.6 Å². The lowest BCUT2D eigenvalue weighted by Gasteiger charge is -2.21.